The van der Waals surface area contributed by atoms with Crippen molar-refractivity contribution in [2.75, 3.05) is 20.3 Å². The van der Waals surface area contributed by atoms with Crippen LogP contribution in [0.3, 0.4) is 0 Å². The normalized spacial score (nSPS) is 9.71. The molecule has 0 aliphatic carbocycles. The number of oxime groups is 1. The SMILES string of the molecule is CCCCCCOc1c(C)cc(OCC=C(Cl)Cl)cc1CC.CON=C(C)C. The molecule has 0 aliphatic heterocycles. The number of rotatable bonds is 11. The van der Waals surface area contributed by atoms with Crippen LogP contribution in [0.4, 0.5) is 0 Å². The van der Waals surface area contributed by atoms with Crippen LogP contribution < -0.4 is 9.47 Å². The summed E-state index contributed by atoms with van der Waals surface area (Å²) in [7, 11) is 1.53. The molecule has 0 radical (unpaired) electrons. The number of aryl methyl sites for hydroxylation is 2. The summed E-state index contributed by atoms with van der Waals surface area (Å²) < 4.78 is 11.9. The second-order valence-electron chi connectivity index (χ2n) is 6.52. The number of benzene rings is 1. The van der Waals surface area contributed by atoms with Crippen molar-refractivity contribution in [2.24, 2.45) is 5.16 Å². The minimum Gasteiger partial charge on any atom is -0.493 e. The molecule has 0 fully saturated rings. The lowest BCUT2D eigenvalue weighted by Gasteiger charge is -2.15. The molecule has 0 unspecified atom stereocenters. The minimum atomic E-state index is 0.222. The first-order valence-corrected chi connectivity index (χ1v) is 10.6. The highest BCUT2D eigenvalue weighted by atomic mass is 35.5. The first-order valence-electron chi connectivity index (χ1n) is 9.80. The minimum absolute atomic E-state index is 0.222. The number of unbranched alkanes of at least 4 members (excludes halogenated alkanes) is 3. The van der Waals surface area contributed by atoms with Gasteiger partial charge in [-0.25, -0.2) is 0 Å². The molecule has 0 saturated carbocycles. The Labute approximate surface area is 180 Å². The van der Waals surface area contributed by atoms with E-state index in [1.807, 2.05) is 26.0 Å². The topological polar surface area (TPSA) is 40.0 Å². The summed E-state index contributed by atoms with van der Waals surface area (Å²) >= 11 is 11.2. The van der Waals surface area contributed by atoms with Gasteiger partial charge in [0.2, 0.25) is 0 Å². The molecule has 6 heteroatoms. The van der Waals surface area contributed by atoms with Gasteiger partial charge in [0.1, 0.15) is 29.7 Å². The van der Waals surface area contributed by atoms with E-state index < -0.39 is 0 Å². The standard InChI is InChI=1S/C18H26Cl2O2.C4H9NO/c1-4-6-7-8-10-22-18-14(3)12-16(13-15(18)5-2)21-11-9-17(19)20;1-4(2)5-6-3/h9,12-13H,4-8,10-11H2,1-3H3;1-3H3. The maximum atomic E-state index is 5.99. The quantitative estimate of drug-likeness (QED) is 0.210. The fraction of sp³-hybridized carbons (Fsp3) is 0.591. The third kappa shape index (κ3) is 12.9. The Morgan fingerprint density at radius 2 is 1.79 bits per heavy atom. The van der Waals surface area contributed by atoms with Gasteiger partial charge in [0.05, 0.1) is 12.3 Å². The summed E-state index contributed by atoms with van der Waals surface area (Å²) in [6, 6.07) is 4.03. The lowest BCUT2D eigenvalue weighted by molar-refractivity contribution is 0.213. The maximum absolute atomic E-state index is 5.99. The van der Waals surface area contributed by atoms with E-state index in [4.69, 9.17) is 32.7 Å². The lowest BCUT2D eigenvalue weighted by Crippen LogP contribution is -2.03. The Bertz CT molecular complexity index is 608. The highest BCUT2D eigenvalue weighted by molar-refractivity contribution is 6.55. The molecule has 28 heavy (non-hydrogen) atoms. The van der Waals surface area contributed by atoms with Gasteiger partial charge in [-0.1, -0.05) is 61.5 Å². The van der Waals surface area contributed by atoms with Crippen molar-refractivity contribution in [3.8, 4) is 11.5 Å². The summed E-state index contributed by atoms with van der Waals surface area (Å²) in [4.78, 5) is 4.39. The highest BCUT2D eigenvalue weighted by Gasteiger charge is 2.09. The van der Waals surface area contributed by atoms with Gasteiger partial charge in [-0.3, -0.25) is 0 Å². The molecule has 0 heterocycles. The summed E-state index contributed by atoms with van der Waals surface area (Å²) in [6.07, 6.45) is 7.38. The highest BCUT2D eigenvalue weighted by Crippen LogP contribution is 2.30. The van der Waals surface area contributed by atoms with E-state index in [1.165, 1.54) is 31.9 Å². The van der Waals surface area contributed by atoms with Crippen LogP contribution in [0.25, 0.3) is 0 Å². The van der Waals surface area contributed by atoms with Crippen LogP contribution in [0.2, 0.25) is 0 Å². The fourth-order valence-electron chi connectivity index (χ4n) is 2.45. The van der Waals surface area contributed by atoms with Gasteiger partial charge in [0.15, 0.2) is 0 Å². The van der Waals surface area contributed by atoms with Crippen molar-refractivity contribution in [2.45, 2.75) is 66.7 Å². The molecule has 0 aromatic heterocycles. The van der Waals surface area contributed by atoms with Gasteiger partial charge in [0.25, 0.3) is 0 Å². The molecule has 1 rings (SSSR count). The van der Waals surface area contributed by atoms with E-state index in [2.05, 4.69) is 30.8 Å². The van der Waals surface area contributed by atoms with E-state index in [0.29, 0.717) is 6.61 Å². The summed E-state index contributed by atoms with van der Waals surface area (Å²) in [6.45, 7) is 11.3. The molecule has 4 nitrogen and oxygen atoms in total. The van der Waals surface area contributed by atoms with Gasteiger partial charge in [-0.05, 0) is 62.9 Å². The molecular weight excluding hydrogens is 397 g/mol. The van der Waals surface area contributed by atoms with Crippen molar-refractivity contribution < 1.29 is 14.3 Å². The van der Waals surface area contributed by atoms with Crippen LogP contribution in [-0.4, -0.2) is 26.0 Å². The van der Waals surface area contributed by atoms with E-state index in [1.54, 1.807) is 6.08 Å². The second kappa shape index (κ2) is 16.6. The monoisotopic (exact) mass is 431 g/mol. The molecule has 1 aromatic carbocycles. The van der Waals surface area contributed by atoms with E-state index >= 15 is 0 Å². The summed E-state index contributed by atoms with van der Waals surface area (Å²) in [5, 5.41) is 3.54. The van der Waals surface area contributed by atoms with Crippen molar-refractivity contribution in [3.05, 3.63) is 33.8 Å². The van der Waals surface area contributed by atoms with Crippen LogP contribution in [-0.2, 0) is 11.3 Å². The Kier molecular flexibility index (Phi) is 15.7. The molecule has 0 bridgehead atoms. The predicted octanol–water partition coefficient (Wildman–Crippen LogP) is 7.24. The van der Waals surface area contributed by atoms with Gasteiger partial charge in [0, 0.05) is 0 Å². The van der Waals surface area contributed by atoms with Gasteiger partial charge in [-0.2, -0.15) is 0 Å². The Morgan fingerprint density at radius 1 is 1.07 bits per heavy atom. The molecular formula is C22H35Cl2NO3. The van der Waals surface area contributed by atoms with E-state index in [9.17, 15) is 0 Å². The smallest absolute Gasteiger partial charge is 0.125 e. The number of halogens is 2. The largest absolute Gasteiger partial charge is 0.493 e. The maximum Gasteiger partial charge on any atom is 0.125 e. The average Bonchev–Trinajstić information content (AvgIpc) is 2.62. The number of ether oxygens (including phenoxy) is 2. The molecule has 0 aliphatic rings. The first kappa shape index (κ1) is 26.6. The Hall–Kier alpha value is -1.39. The lowest BCUT2D eigenvalue weighted by atomic mass is 10.1. The van der Waals surface area contributed by atoms with Crippen molar-refractivity contribution >= 4 is 28.9 Å². The predicted molar refractivity (Wildman–Crippen MR) is 121 cm³/mol. The molecule has 0 saturated heterocycles. The van der Waals surface area contributed by atoms with Crippen LogP contribution in [0.5, 0.6) is 11.5 Å². The second-order valence-corrected chi connectivity index (χ2v) is 7.52. The number of nitrogens with zero attached hydrogens (tertiary/aromatic N) is 1. The summed E-state index contributed by atoms with van der Waals surface area (Å²) in [5.74, 6) is 1.82. The summed E-state index contributed by atoms with van der Waals surface area (Å²) in [5.41, 5.74) is 3.22. The van der Waals surface area contributed by atoms with E-state index in [-0.39, 0.29) is 4.49 Å². The van der Waals surface area contributed by atoms with Gasteiger partial charge >= 0.3 is 0 Å². The molecule has 160 valence electrons. The number of hydrogen-bond donors (Lipinski definition) is 0. The number of hydrogen-bond acceptors (Lipinski definition) is 4. The molecule has 0 atom stereocenters. The zero-order valence-corrected chi connectivity index (χ0v) is 19.6. The van der Waals surface area contributed by atoms with Crippen molar-refractivity contribution in [3.63, 3.8) is 0 Å². The zero-order valence-electron chi connectivity index (χ0n) is 18.1. The molecule has 0 N–H and O–H groups in total. The molecule has 1 aromatic rings. The third-order valence-corrected chi connectivity index (χ3v) is 4.02. The van der Waals surface area contributed by atoms with Crippen molar-refractivity contribution in [1.29, 1.82) is 0 Å². The van der Waals surface area contributed by atoms with Crippen LogP contribution in [0.15, 0.2) is 27.9 Å². The third-order valence-electron chi connectivity index (χ3n) is 3.71. The first-order chi connectivity index (χ1) is 13.3. The fourth-order valence-corrected chi connectivity index (χ4v) is 2.58. The molecule has 0 spiro atoms. The Morgan fingerprint density at radius 3 is 2.29 bits per heavy atom. The van der Waals surface area contributed by atoms with Crippen LogP contribution in [0.1, 0.15) is 64.5 Å². The van der Waals surface area contributed by atoms with Gasteiger partial charge in [-0.15, -0.1) is 0 Å². The van der Waals surface area contributed by atoms with Crippen LogP contribution in [0, 0.1) is 6.92 Å². The van der Waals surface area contributed by atoms with Gasteiger partial charge < -0.3 is 14.3 Å². The van der Waals surface area contributed by atoms with Crippen molar-refractivity contribution in [1.82, 2.24) is 0 Å². The zero-order chi connectivity index (χ0) is 21.4. The average molecular weight is 432 g/mol. The molecule has 0 amide bonds. The Balaban J connectivity index is 0.00000105. The van der Waals surface area contributed by atoms with Crippen LogP contribution >= 0.6 is 23.2 Å². The van der Waals surface area contributed by atoms with E-state index in [0.717, 1.165) is 42.2 Å².